The minimum Gasteiger partial charge on any atom is -0.408 e. The van der Waals surface area contributed by atoms with Crippen LogP contribution in [0.25, 0.3) is 0 Å². The van der Waals surface area contributed by atoms with Crippen molar-refractivity contribution in [1.82, 2.24) is 9.55 Å². The predicted octanol–water partition coefficient (Wildman–Crippen LogP) is 3.03. The Bertz CT molecular complexity index is 737. The van der Waals surface area contributed by atoms with Gasteiger partial charge in [0.2, 0.25) is 0 Å². The van der Waals surface area contributed by atoms with E-state index in [2.05, 4.69) is 45.8 Å². The number of methoxy groups -OCH3 is 1. The van der Waals surface area contributed by atoms with Crippen molar-refractivity contribution in [2.75, 3.05) is 7.11 Å². The molecular formula is C19H34N2O5Si. The van der Waals surface area contributed by atoms with E-state index in [0.717, 1.165) is 19.3 Å². The predicted molar refractivity (Wildman–Crippen MR) is 108 cm³/mol. The number of rotatable bonds is 7. The topological polar surface area (TPSA) is 82.6 Å². The summed E-state index contributed by atoms with van der Waals surface area (Å²) < 4.78 is 20.1. The molecule has 0 amide bonds. The van der Waals surface area contributed by atoms with Crippen LogP contribution in [0, 0.1) is 0 Å². The molecule has 8 heteroatoms. The lowest BCUT2D eigenvalue weighted by molar-refractivity contribution is -0.0549. The summed E-state index contributed by atoms with van der Waals surface area (Å²) >= 11 is 0. The number of nitrogens with one attached hydrogen (secondary N) is 1. The van der Waals surface area contributed by atoms with E-state index in [-0.39, 0.29) is 17.2 Å². The number of aromatic nitrogens is 2. The highest BCUT2D eigenvalue weighted by molar-refractivity contribution is 6.74. The average molecular weight is 399 g/mol. The van der Waals surface area contributed by atoms with Gasteiger partial charge in [-0.3, -0.25) is 14.3 Å². The van der Waals surface area contributed by atoms with Gasteiger partial charge in [0.15, 0.2) is 14.5 Å². The molecule has 0 radical (unpaired) electrons. The third-order valence-electron chi connectivity index (χ3n) is 5.76. The van der Waals surface area contributed by atoms with Gasteiger partial charge in [-0.25, -0.2) is 4.79 Å². The van der Waals surface area contributed by atoms with Crippen LogP contribution >= 0.6 is 0 Å². The zero-order chi connectivity index (χ0) is 20.4. The molecule has 0 aliphatic carbocycles. The van der Waals surface area contributed by atoms with Crippen LogP contribution in [0.15, 0.2) is 21.9 Å². The molecule has 1 aliphatic rings. The second-order valence-electron chi connectivity index (χ2n) is 8.77. The van der Waals surface area contributed by atoms with Gasteiger partial charge in [0, 0.05) is 19.4 Å². The lowest BCUT2D eigenvalue weighted by Crippen LogP contribution is -2.49. The summed E-state index contributed by atoms with van der Waals surface area (Å²) in [6.45, 7) is 13.1. The summed E-state index contributed by atoms with van der Waals surface area (Å²) in [6, 6.07) is 1.32. The smallest absolute Gasteiger partial charge is 0.330 e. The van der Waals surface area contributed by atoms with Gasteiger partial charge < -0.3 is 13.9 Å². The van der Waals surface area contributed by atoms with E-state index in [1.165, 1.54) is 16.8 Å². The number of hydrogen-bond donors (Lipinski definition) is 1. The van der Waals surface area contributed by atoms with Gasteiger partial charge in [-0.2, -0.15) is 0 Å². The van der Waals surface area contributed by atoms with Gasteiger partial charge in [-0.05, 0) is 24.6 Å². The molecule has 1 aromatic rings. The maximum atomic E-state index is 12.3. The molecule has 1 aliphatic heterocycles. The van der Waals surface area contributed by atoms with Gasteiger partial charge >= 0.3 is 5.69 Å². The monoisotopic (exact) mass is 398 g/mol. The van der Waals surface area contributed by atoms with E-state index < -0.39 is 31.9 Å². The molecule has 1 N–H and O–H groups in total. The highest BCUT2D eigenvalue weighted by Crippen LogP contribution is 2.42. The van der Waals surface area contributed by atoms with Gasteiger partial charge in [0.1, 0.15) is 12.2 Å². The van der Waals surface area contributed by atoms with Crippen molar-refractivity contribution in [3.8, 4) is 0 Å². The maximum Gasteiger partial charge on any atom is 0.330 e. The maximum absolute atomic E-state index is 12.3. The molecule has 2 heterocycles. The van der Waals surface area contributed by atoms with Crippen LogP contribution in [-0.2, 0) is 13.9 Å². The largest absolute Gasteiger partial charge is 0.408 e. The first kappa shape index (κ1) is 22.1. The fraction of sp³-hybridized carbons (Fsp3) is 0.789. The van der Waals surface area contributed by atoms with Crippen molar-refractivity contribution in [1.29, 1.82) is 0 Å². The van der Waals surface area contributed by atoms with Crippen LogP contribution in [0.5, 0.6) is 0 Å². The Balaban J connectivity index is 2.39. The van der Waals surface area contributed by atoms with Gasteiger partial charge in [-0.1, -0.05) is 40.5 Å². The quantitative estimate of drug-likeness (QED) is 0.714. The molecule has 0 spiro atoms. The lowest BCUT2D eigenvalue weighted by atomic mass is 10.1. The van der Waals surface area contributed by atoms with Gasteiger partial charge in [0.05, 0.1) is 6.10 Å². The summed E-state index contributed by atoms with van der Waals surface area (Å²) in [6.07, 6.45) is 2.88. The molecule has 7 nitrogen and oxygen atoms in total. The Kier molecular flexibility index (Phi) is 6.89. The number of hydrogen-bond acceptors (Lipinski definition) is 5. The number of aromatic amines is 1. The Hall–Kier alpha value is -1.22. The highest BCUT2D eigenvalue weighted by atomic mass is 28.4. The Morgan fingerprint density at radius 1 is 1.26 bits per heavy atom. The van der Waals surface area contributed by atoms with Crippen LogP contribution in [0.4, 0.5) is 0 Å². The highest BCUT2D eigenvalue weighted by Gasteiger charge is 2.50. The fourth-order valence-electron chi connectivity index (χ4n) is 3.11. The Morgan fingerprint density at radius 3 is 2.44 bits per heavy atom. The molecule has 1 aromatic heterocycles. The van der Waals surface area contributed by atoms with Crippen LogP contribution in [0.2, 0.25) is 18.1 Å². The summed E-state index contributed by atoms with van der Waals surface area (Å²) in [7, 11) is -0.454. The molecule has 1 saturated heterocycles. The Morgan fingerprint density at radius 2 is 1.93 bits per heavy atom. The van der Waals surface area contributed by atoms with Crippen LogP contribution in [-0.4, -0.2) is 43.3 Å². The molecule has 2 rings (SSSR count). The molecule has 0 saturated carbocycles. The molecule has 0 aromatic carbocycles. The van der Waals surface area contributed by atoms with Crippen LogP contribution in [0.1, 0.15) is 53.2 Å². The van der Waals surface area contributed by atoms with Crippen molar-refractivity contribution in [3.63, 3.8) is 0 Å². The Labute approximate surface area is 162 Å². The van der Waals surface area contributed by atoms with Crippen molar-refractivity contribution < 1.29 is 13.9 Å². The average Bonchev–Trinajstić information content (AvgIpc) is 2.88. The fourth-order valence-corrected chi connectivity index (χ4v) is 4.43. The first-order valence-corrected chi connectivity index (χ1v) is 12.6. The van der Waals surface area contributed by atoms with E-state index in [1.54, 1.807) is 7.11 Å². The van der Waals surface area contributed by atoms with E-state index in [0.29, 0.717) is 0 Å². The summed E-state index contributed by atoms with van der Waals surface area (Å²) in [5.41, 5.74) is -0.934. The number of nitrogens with zero attached hydrogens (tertiary/aromatic N) is 1. The third-order valence-corrected chi connectivity index (χ3v) is 10.2. The number of unbranched alkanes of at least 4 members (excludes halogenated alkanes) is 1. The van der Waals surface area contributed by atoms with Crippen molar-refractivity contribution >= 4 is 8.32 Å². The van der Waals surface area contributed by atoms with Gasteiger partial charge in [0.25, 0.3) is 5.56 Å². The molecule has 154 valence electrons. The van der Waals surface area contributed by atoms with Crippen LogP contribution in [0.3, 0.4) is 0 Å². The second kappa shape index (κ2) is 8.42. The summed E-state index contributed by atoms with van der Waals surface area (Å²) in [5.74, 6) is 0. The van der Waals surface area contributed by atoms with Crippen LogP contribution < -0.4 is 11.2 Å². The normalized spacial score (nSPS) is 26.5. The van der Waals surface area contributed by atoms with E-state index in [9.17, 15) is 9.59 Å². The zero-order valence-corrected chi connectivity index (χ0v) is 18.6. The van der Waals surface area contributed by atoms with Crippen molar-refractivity contribution in [2.24, 2.45) is 0 Å². The van der Waals surface area contributed by atoms with Crippen molar-refractivity contribution in [2.45, 2.75) is 89.6 Å². The molecule has 27 heavy (non-hydrogen) atoms. The lowest BCUT2D eigenvalue weighted by Gasteiger charge is -2.40. The SMILES string of the molecule is CCCC[C@H]1O[C@@H](n2ccc(=O)[nH]c2=O)C(OC)C1O[Si](C)(C)C(C)(C)C. The van der Waals surface area contributed by atoms with Crippen molar-refractivity contribution in [3.05, 3.63) is 33.1 Å². The standard InChI is InChI=1S/C19H34N2O5Si/c1-8-9-10-13-15(26-27(6,7)19(2,3)4)16(24-5)17(25-13)21-12-11-14(22)20-18(21)23/h11-13,15-17H,8-10H2,1-7H3,(H,20,22,23)/t13-,15?,16?,17-/m1/s1. The first-order chi connectivity index (χ1) is 12.5. The number of ether oxygens (including phenoxy) is 2. The molecule has 2 unspecified atom stereocenters. The van der Waals surface area contributed by atoms with E-state index in [4.69, 9.17) is 13.9 Å². The van der Waals surface area contributed by atoms with E-state index >= 15 is 0 Å². The molecule has 4 atom stereocenters. The third kappa shape index (κ3) is 4.79. The zero-order valence-electron chi connectivity index (χ0n) is 17.6. The molecule has 0 bridgehead atoms. The minimum absolute atomic E-state index is 0.0491. The summed E-state index contributed by atoms with van der Waals surface area (Å²) in [4.78, 5) is 26.0. The molecular weight excluding hydrogens is 364 g/mol. The van der Waals surface area contributed by atoms with Gasteiger partial charge in [-0.15, -0.1) is 0 Å². The number of H-pyrrole nitrogens is 1. The minimum atomic E-state index is -2.07. The summed E-state index contributed by atoms with van der Waals surface area (Å²) in [5, 5.41) is 0.0491. The second-order valence-corrected chi connectivity index (χ2v) is 13.5. The molecule has 1 fully saturated rings. The van der Waals surface area contributed by atoms with E-state index in [1.807, 2.05) is 0 Å². The first-order valence-electron chi connectivity index (χ1n) is 9.69.